The fraction of sp³-hybridized carbons (Fsp3) is 0.562. The fourth-order valence-corrected chi connectivity index (χ4v) is 2.08. The number of guanidine groups is 1. The van der Waals surface area contributed by atoms with Crippen LogP contribution in [0.25, 0.3) is 0 Å². The summed E-state index contributed by atoms with van der Waals surface area (Å²) in [4.78, 5) is 4.35. The lowest BCUT2D eigenvalue weighted by Gasteiger charge is -2.14. The highest BCUT2D eigenvalue weighted by atomic mass is 127. The average molecular weight is 405 g/mol. The van der Waals surface area contributed by atoms with Gasteiger partial charge in [-0.25, -0.2) is 0 Å². The number of nitrogens with one attached hydrogen (secondary N) is 1. The molecule has 120 valence electrons. The van der Waals surface area contributed by atoms with E-state index in [2.05, 4.69) is 42.4 Å². The monoisotopic (exact) mass is 405 g/mol. The number of aliphatic imine (C=N–C) groups is 1. The van der Waals surface area contributed by atoms with Crippen molar-refractivity contribution in [1.82, 2.24) is 0 Å². The highest BCUT2D eigenvalue weighted by molar-refractivity contribution is 14.0. The van der Waals surface area contributed by atoms with Crippen LogP contribution in [-0.4, -0.2) is 25.7 Å². The van der Waals surface area contributed by atoms with Crippen LogP contribution >= 0.6 is 24.0 Å². The molecule has 3 N–H and O–H groups in total. The lowest BCUT2D eigenvalue weighted by atomic mass is 10.0. The minimum Gasteiger partial charge on any atom is -0.382 e. The Morgan fingerprint density at radius 3 is 2.33 bits per heavy atom. The van der Waals surface area contributed by atoms with E-state index in [1.165, 1.54) is 11.1 Å². The van der Waals surface area contributed by atoms with E-state index in [4.69, 9.17) is 10.5 Å². The van der Waals surface area contributed by atoms with Crippen molar-refractivity contribution in [3.05, 3.63) is 29.3 Å². The molecule has 0 amide bonds. The van der Waals surface area contributed by atoms with Gasteiger partial charge in [0.25, 0.3) is 0 Å². The third-order valence-electron chi connectivity index (χ3n) is 3.18. The maximum absolute atomic E-state index is 5.97. The second kappa shape index (κ2) is 11.8. The van der Waals surface area contributed by atoms with Gasteiger partial charge < -0.3 is 15.8 Å². The quantitative estimate of drug-likeness (QED) is 0.301. The SMILES string of the molecule is CCOCCCN=C(N)Nc1c(CC)cccc1CC.I. The van der Waals surface area contributed by atoms with Crippen molar-refractivity contribution in [2.75, 3.05) is 25.1 Å². The zero-order chi connectivity index (χ0) is 14.8. The van der Waals surface area contributed by atoms with Gasteiger partial charge in [-0.05, 0) is 37.3 Å². The molecule has 0 aliphatic carbocycles. The first-order chi connectivity index (χ1) is 9.72. The molecule has 0 fully saturated rings. The van der Waals surface area contributed by atoms with Gasteiger partial charge in [-0.1, -0.05) is 32.0 Å². The second-order valence-electron chi connectivity index (χ2n) is 4.60. The third kappa shape index (κ3) is 7.13. The maximum atomic E-state index is 5.97. The number of hydrogen-bond acceptors (Lipinski definition) is 2. The predicted molar refractivity (Wildman–Crippen MR) is 102 cm³/mol. The first kappa shape index (κ1) is 20.2. The average Bonchev–Trinajstić information content (AvgIpc) is 2.47. The zero-order valence-corrected chi connectivity index (χ0v) is 15.6. The van der Waals surface area contributed by atoms with Crippen LogP contribution in [0.1, 0.15) is 38.3 Å². The molecular weight excluding hydrogens is 377 g/mol. The van der Waals surface area contributed by atoms with Gasteiger partial charge in [0.15, 0.2) is 5.96 Å². The Bertz CT molecular complexity index is 413. The summed E-state index contributed by atoms with van der Waals surface area (Å²) in [6.07, 6.45) is 2.86. The first-order valence-corrected chi connectivity index (χ1v) is 7.48. The molecule has 1 aromatic rings. The van der Waals surface area contributed by atoms with Crippen molar-refractivity contribution >= 4 is 35.6 Å². The molecule has 1 aromatic carbocycles. The molecule has 0 aromatic heterocycles. The van der Waals surface area contributed by atoms with Crippen LogP contribution in [0, 0.1) is 0 Å². The predicted octanol–water partition coefficient (Wildman–Crippen LogP) is 3.58. The highest BCUT2D eigenvalue weighted by Gasteiger charge is 2.06. The van der Waals surface area contributed by atoms with E-state index >= 15 is 0 Å². The van der Waals surface area contributed by atoms with Gasteiger partial charge >= 0.3 is 0 Å². The number of rotatable bonds is 8. The normalized spacial score (nSPS) is 11.1. The van der Waals surface area contributed by atoms with Gasteiger partial charge in [0.05, 0.1) is 0 Å². The topological polar surface area (TPSA) is 59.6 Å². The summed E-state index contributed by atoms with van der Waals surface area (Å²) < 4.78 is 5.28. The van der Waals surface area contributed by atoms with Crippen molar-refractivity contribution in [3.8, 4) is 0 Å². The molecule has 0 atom stereocenters. The molecule has 5 heteroatoms. The molecule has 0 bridgehead atoms. The molecule has 0 aliphatic heterocycles. The Morgan fingerprint density at radius 2 is 1.81 bits per heavy atom. The molecule has 0 unspecified atom stereocenters. The second-order valence-corrected chi connectivity index (χ2v) is 4.60. The molecule has 0 saturated carbocycles. The first-order valence-electron chi connectivity index (χ1n) is 7.48. The number of halogens is 1. The maximum Gasteiger partial charge on any atom is 0.193 e. The van der Waals surface area contributed by atoms with Crippen LogP contribution in [0.3, 0.4) is 0 Å². The minimum absolute atomic E-state index is 0. The molecule has 0 heterocycles. The summed E-state index contributed by atoms with van der Waals surface area (Å²) in [5.41, 5.74) is 9.63. The van der Waals surface area contributed by atoms with Crippen LogP contribution in [0.5, 0.6) is 0 Å². The molecule has 1 rings (SSSR count). The van der Waals surface area contributed by atoms with Gasteiger partial charge in [0.1, 0.15) is 0 Å². The minimum atomic E-state index is 0. The molecule has 4 nitrogen and oxygen atoms in total. The molecule has 0 radical (unpaired) electrons. The van der Waals surface area contributed by atoms with Crippen LogP contribution in [0.2, 0.25) is 0 Å². The largest absolute Gasteiger partial charge is 0.382 e. The number of hydrogen-bond donors (Lipinski definition) is 2. The zero-order valence-electron chi connectivity index (χ0n) is 13.3. The molecule has 21 heavy (non-hydrogen) atoms. The number of nitrogens with zero attached hydrogens (tertiary/aromatic N) is 1. The number of para-hydroxylation sites is 1. The smallest absolute Gasteiger partial charge is 0.193 e. The number of anilines is 1. The van der Waals surface area contributed by atoms with Crippen LogP contribution in [-0.2, 0) is 17.6 Å². The lowest BCUT2D eigenvalue weighted by molar-refractivity contribution is 0.146. The molecule has 0 spiro atoms. The van der Waals surface area contributed by atoms with Crippen molar-refractivity contribution in [2.45, 2.75) is 40.0 Å². The Hall–Kier alpha value is -0.820. The van der Waals surface area contributed by atoms with Crippen LogP contribution in [0.4, 0.5) is 5.69 Å². The van der Waals surface area contributed by atoms with E-state index in [9.17, 15) is 0 Å². The number of ether oxygens (including phenoxy) is 1. The van der Waals surface area contributed by atoms with Crippen molar-refractivity contribution in [3.63, 3.8) is 0 Å². The number of nitrogens with two attached hydrogens (primary N) is 1. The van der Waals surface area contributed by atoms with E-state index in [1.807, 2.05) is 6.92 Å². The summed E-state index contributed by atoms with van der Waals surface area (Å²) in [6.45, 7) is 8.46. The Kier molecular flexibility index (Phi) is 11.3. The summed E-state index contributed by atoms with van der Waals surface area (Å²) in [5, 5.41) is 3.26. The van der Waals surface area contributed by atoms with Gasteiger partial charge in [-0.3, -0.25) is 4.99 Å². The molecular formula is C16H28IN3O. The Labute approximate surface area is 145 Å². The van der Waals surface area contributed by atoms with Gasteiger partial charge in [-0.2, -0.15) is 0 Å². The number of aryl methyl sites for hydroxylation is 2. The van der Waals surface area contributed by atoms with Gasteiger partial charge in [0, 0.05) is 25.4 Å². The molecule has 0 saturated heterocycles. The van der Waals surface area contributed by atoms with Crippen LogP contribution in [0.15, 0.2) is 23.2 Å². The third-order valence-corrected chi connectivity index (χ3v) is 3.18. The summed E-state index contributed by atoms with van der Waals surface area (Å²) in [6, 6.07) is 6.35. The van der Waals surface area contributed by atoms with Gasteiger partial charge in [-0.15, -0.1) is 24.0 Å². The van der Waals surface area contributed by atoms with E-state index in [0.29, 0.717) is 12.5 Å². The van der Waals surface area contributed by atoms with E-state index in [1.54, 1.807) is 0 Å². The van der Waals surface area contributed by atoms with E-state index < -0.39 is 0 Å². The lowest BCUT2D eigenvalue weighted by Crippen LogP contribution is -2.24. The highest BCUT2D eigenvalue weighted by Crippen LogP contribution is 2.22. The number of benzene rings is 1. The van der Waals surface area contributed by atoms with Crippen molar-refractivity contribution < 1.29 is 4.74 Å². The molecule has 0 aliphatic rings. The Morgan fingerprint density at radius 1 is 1.19 bits per heavy atom. The van der Waals surface area contributed by atoms with Gasteiger partial charge in [0.2, 0.25) is 0 Å². The van der Waals surface area contributed by atoms with Crippen molar-refractivity contribution in [2.24, 2.45) is 10.7 Å². The summed E-state index contributed by atoms with van der Waals surface area (Å²) in [7, 11) is 0. The standard InChI is InChI=1S/C16H27N3O.HI/c1-4-13-9-7-10-14(5-2)15(13)19-16(17)18-11-8-12-20-6-3;/h7,9-10H,4-6,8,11-12H2,1-3H3,(H3,17,18,19);1H. The van der Waals surface area contributed by atoms with Crippen LogP contribution < -0.4 is 11.1 Å². The Balaban J connectivity index is 0.00000400. The van der Waals surface area contributed by atoms with E-state index in [0.717, 1.165) is 38.2 Å². The van der Waals surface area contributed by atoms with Crippen molar-refractivity contribution in [1.29, 1.82) is 0 Å². The summed E-state index contributed by atoms with van der Waals surface area (Å²) >= 11 is 0. The van der Waals surface area contributed by atoms with E-state index in [-0.39, 0.29) is 24.0 Å². The summed E-state index contributed by atoms with van der Waals surface area (Å²) in [5.74, 6) is 0.483. The fourth-order valence-electron chi connectivity index (χ4n) is 2.08.